The third-order valence-electron chi connectivity index (χ3n) is 12.7. The molecule has 364 valence electrons. The van der Waals surface area contributed by atoms with Gasteiger partial charge in [0.2, 0.25) is 5.91 Å². The number of amides is 1. The van der Waals surface area contributed by atoms with Crippen LogP contribution in [0.1, 0.15) is 303 Å². The highest BCUT2D eigenvalue weighted by atomic mass is 31.2. The first-order valence-electron chi connectivity index (χ1n) is 27.1. The van der Waals surface area contributed by atoms with E-state index < -0.39 is 26.6 Å². The van der Waals surface area contributed by atoms with Gasteiger partial charge in [-0.2, -0.15) is 0 Å². The van der Waals surface area contributed by atoms with Crippen LogP contribution < -0.4 is 5.32 Å². The third-order valence-corrected chi connectivity index (χ3v) is 13.2. The summed E-state index contributed by atoms with van der Waals surface area (Å²) in [5.74, 6) is -0.219. The van der Waals surface area contributed by atoms with Crippen LogP contribution in [0.5, 0.6) is 0 Å². The molecule has 0 aromatic carbocycles. The number of hydrogen-bond acceptors (Lipinski definition) is 4. The smallest absolute Gasteiger partial charge is 0.387 e. The molecule has 61 heavy (non-hydrogen) atoms. The van der Waals surface area contributed by atoms with E-state index in [0.717, 1.165) is 38.5 Å². The maximum absolute atomic E-state index is 12.7. The molecule has 4 N–H and O–H groups in total. The summed E-state index contributed by atoms with van der Waals surface area (Å²) in [4.78, 5) is 31.1. The van der Waals surface area contributed by atoms with Crippen molar-refractivity contribution in [2.75, 3.05) is 6.61 Å². The van der Waals surface area contributed by atoms with E-state index in [-0.39, 0.29) is 5.91 Å². The Hall–Kier alpha value is -0.720. The lowest BCUT2D eigenvalue weighted by atomic mass is 10.0. The normalized spacial score (nSPS) is 13.1. The van der Waals surface area contributed by atoms with Crippen molar-refractivity contribution in [3.63, 3.8) is 0 Å². The van der Waals surface area contributed by atoms with Crippen LogP contribution in [-0.2, 0) is 13.9 Å². The first kappa shape index (κ1) is 60.3. The maximum atomic E-state index is 12.7. The summed E-state index contributed by atoms with van der Waals surface area (Å²) >= 11 is 0. The molecule has 0 unspecified atom stereocenters. The number of aliphatic hydroxyl groups is 1. The summed E-state index contributed by atoms with van der Waals surface area (Å²) in [5.41, 5.74) is 0. The van der Waals surface area contributed by atoms with Crippen molar-refractivity contribution in [2.24, 2.45) is 0 Å². The second-order valence-corrected chi connectivity index (χ2v) is 20.2. The first-order valence-corrected chi connectivity index (χ1v) is 28.7. The molecule has 7 nitrogen and oxygen atoms in total. The molecule has 0 heterocycles. The van der Waals surface area contributed by atoms with Crippen molar-refractivity contribution in [1.29, 1.82) is 0 Å². The average Bonchev–Trinajstić information content (AvgIpc) is 3.24. The molecule has 0 saturated heterocycles. The summed E-state index contributed by atoms with van der Waals surface area (Å²) in [6, 6.07) is -0.906. The van der Waals surface area contributed by atoms with Gasteiger partial charge in [0, 0.05) is 6.42 Å². The van der Waals surface area contributed by atoms with Crippen LogP contribution in [0, 0.1) is 0 Å². The van der Waals surface area contributed by atoms with Crippen LogP contribution in [0.25, 0.3) is 0 Å². The second kappa shape index (κ2) is 48.7. The van der Waals surface area contributed by atoms with Crippen molar-refractivity contribution < 1.29 is 28.8 Å². The standard InChI is InChI=1S/C53H106NO6P/c1-3-5-7-9-11-13-15-17-19-20-21-22-23-24-25-26-27-28-29-30-31-32-33-35-37-39-41-43-45-47-49-53(56)54-51(50-60-61(57,58)59)52(55)48-46-44-42-40-38-36-34-18-16-14-12-10-8-6-4-2/h46,48,51-52,55H,3-45,47,49-50H2,1-2H3,(H,54,56)(H2,57,58,59)/b48-46+/t51-,52+/m0/s1. The van der Waals surface area contributed by atoms with E-state index in [2.05, 4.69) is 23.7 Å². The van der Waals surface area contributed by atoms with Gasteiger partial charge < -0.3 is 20.2 Å². The summed E-state index contributed by atoms with van der Waals surface area (Å²) in [6.07, 6.45) is 61.4. The van der Waals surface area contributed by atoms with Gasteiger partial charge in [-0.15, -0.1) is 0 Å². The van der Waals surface area contributed by atoms with Crippen LogP contribution in [0.2, 0.25) is 0 Å². The topological polar surface area (TPSA) is 116 Å². The Bertz CT molecular complexity index is 957. The van der Waals surface area contributed by atoms with Gasteiger partial charge in [-0.05, 0) is 19.3 Å². The molecule has 0 radical (unpaired) electrons. The fourth-order valence-corrected chi connectivity index (χ4v) is 9.00. The zero-order chi connectivity index (χ0) is 44.6. The summed E-state index contributed by atoms with van der Waals surface area (Å²) in [5, 5.41) is 13.5. The van der Waals surface area contributed by atoms with E-state index >= 15 is 0 Å². The summed E-state index contributed by atoms with van der Waals surface area (Å²) in [6.45, 7) is 4.11. The molecule has 0 aliphatic carbocycles. The highest BCUT2D eigenvalue weighted by molar-refractivity contribution is 7.46. The predicted molar refractivity (Wildman–Crippen MR) is 264 cm³/mol. The SMILES string of the molecule is CCCCCCCCCCCCCCC/C=C/[C@@H](O)[C@H](COP(=O)(O)O)NC(=O)CCCCCCCCCCCCCCCCCCCCCCCCCCCCCCCC. The quantitative estimate of drug-likeness (QED) is 0.0275. The van der Waals surface area contributed by atoms with Crippen molar-refractivity contribution in [2.45, 2.75) is 315 Å². The fraction of sp³-hybridized carbons (Fsp3) is 0.943. The zero-order valence-corrected chi connectivity index (χ0v) is 41.7. The van der Waals surface area contributed by atoms with Gasteiger partial charge in [-0.25, -0.2) is 4.57 Å². The van der Waals surface area contributed by atoms with E-state index in [4.69, 9.17) is 0 Å². The van der Waals surface area contributed by atoms with Crippen LogP contribution in [0.3, 0.4) is 0 Å². The number of aliphatic hydroxyl groups excluding tert-OH is 1. The van der Waals surface area contributed by atoms with Gasteiger partial charge in [-0.3, -0.25) is 9.32 Å². The predicted octanol–water partition coefficient (Wildman–Crippen LogP) is 17.1. The van der Waals surface area contributed by atoms with E-state index in [1.54, 1.807) is 6.08 Å². The lowest BCUT2D eigenvalue weighted by Crippen LogP contribution is -2.45. The minimum absolute atomic E-state index is 0.219. The number of allylic oxidation sites excluding steroid dienone is 1. The van der Waals surface area contributed by atoms with Crippen LogP contribution >= 0.6 is 7.82 Å². The summed E-state index contributed by atoms with van der Waals surface area (Å²) < 4.78 is 16.0. The van der Waals surface area contributed by atoms with E-state index in [0.29, 0.717) is 6.42 Å². The lowest BCUT2D eigenvalue weighted by Gasteiger charge is -2.22. The first-order chi connectivity index (χ1) is 29.8. The second-order valence-electron chi connectivity index (χ2n) is 18.9. The number of phosphoric ester groups is 1. The van der Waals surface area contributed by atoms with Gasteiger partial charge in [0.15, 0.2) is 0 Å². The molecule has 0 aliphatic rings. The molecule has 1 amide bonds. The number of hydrogen-bond donors (Lipinski definition) is 4. The Morgan fingerprint density at radius 3 is 1.00 bits per heavy atom. The van der Waals surface area contributed by atoms with E-state index in [1.807, 2.05) is 6.08 Å². The van der Waals surface area contributed by atoms with E-state index in [9.17, 15) is 24.3 Å². The van der Waals surface area contributed by atoms with Crippen molar-refractivity contribution >= 4 is 13.7 Å². The molecular formula is C53H106NO6P. The molecular weight excluding hydrogens is 778 g/mol. The monoisotopic (exact) mass is 884 g/mol. The Morgan fingerprint density at radius 1 is 0.459 bits per heavy atom. The summed E-state index contributed by atoms with van der Waals surface area (Å²) in [7, 11) is -4.72. The molecule has 0 spiro atoms. The van der Waals surface area contributed by atoms with Crippen LogP contribution in [-0.4, -0.2) is 39.6 Å². The molecule has 0 aromatic heterocycles. The van der Waals surface area contributed by atoms with Gasteiger partial charge >= 0.3 is 7.82 Å². The Labute approximate surface area is 380 Å². The van der Waals surface area contributed by atoms with Crippen molar-refractivity contribution in [1.82, 2.24) is 5.32 Å². The minimum Gasteiger partial charge on any atom is -0.387 e. The minimum atomic E-state index is -4.72. The van der Waals surface area contributed by atoms with Crippen LogP contribution in [0.4, 0.5) is 0 Å². The van der Waals surface area contributed by atoms with E-state index in [1.165, 1.54) is 244 Å². The number of rotatable bonds is 51. The number of nitrogens with one attached hydrogen (secondary N) is 1. The molecule has 0 aliphatic heterocycles. The average molecular weight is 884 g/mol. The zero-order valence-electron chi connectivity index (χ0n) is 40.8. The van der Waals surface area contributed by atoms with Gasteiger partial charge in [0.1, 0.15) is 0 Å². The van der Waals surface area contributed by atoms with Gasteiger partial charge in [-0.1, -0.05) is 289 Å². The molecule has 0 aromatic rings. The van der Waals surface area contributed by atoms with Gasteiger partial charge in [0.25, 0.3) is 0 Å². The third kappa shape index (κ3) is 50.1. The molecule has 8 heteroatoms. The van der Waals surface area contributed by atoms with Crippen LogP contribution in [0.15, 0.2) is 12.2 Å². The molecule has 0 bridgehead atoms. The van der Waals surface area contributed by atoms with Crippen molar-refractivity contribution in [3.05, 3.63) is 12.2 Å². The largest absolute Gasteiger partial charge is 0.469 e. The number of carbonyl (C=O) groups excluding carboxylic acids is 1. The highest BCUT2D eigenvalue weighted by Gasteiger charge is 2.24. The number of phosphoric acid groups is 1. The maximum Gasteiger partial charge on any atom is 0.469 e. The molecule has 2 atom stereocenters. The Balaban J connectivity index is 3.69. The Morgan fingerprint density at radius 2 is 0.721 bits per heavy atom. The number of carbonyl (C=O) groups is 1. The molecule has 0 fully saturated rings. The highest BCUT2D eigenvalue weighted by Crippen LogP contribution is 2.36. The fourth-order valence-electron chi connectivity index (χ4n) is 8.64. The lowest BCUT2D eigenvalue weighted by molar-refractivity contribution is -0.123. The molecule has 0 saturated carbocycles. The number of unbranched alkanes of at least 4 members (excludes halogenated alkanes) is 42. The Kier molecular flexibility index (Phi) is 48.2. The van der Waals surface area contributed by atoms with Gasteiger partial charge in [0.05, 0.1) is 18.8 Å². The molecule has 0 rings (SSSR count). The van der Waals surface area contributed by atoms with Crippen molar-refractivity contribution in [3.8, 4) is 0 Å².